The van der Waals surface area contributed by atoms with E-state index in [0.717, 1.165) is 23.3 Å². The molecular formula is C20H21NO4. The molecule has 3 aromatic rings. The van der Waals surface area contributed by atoms with E-state index in [0.29, 0.717) is 29.8 Å². The Morgan fingerprint density at radius 1 is 0.920 bits per heavy atom. The van der Waals surface area contributed by atoms with Gasteiger partial charge in [0.25, 0.3) is 0 Å². The summed E-state index contributed by atoms with van der Waals surface area (Å²) >= 11 is 0. The van der Waals surface area contributed by atoms with Gasteiger partial charge >= 0.3 is 0 Å². The highest BCUT2D eigenvalue weighted by Crippen LogP contribution is 2.39. The van der Waals surface area contributed by atoms with Gasteiger partial charge in [0.05, 0.1) is 38.2 Å². The number of aromatic nitrogens is 1. The molecule has 0 N–H and O–H groups in total. The highest BCUT2D eigenvalue weighted by Gasteiger charge is 2.18. The SMILES string of the molecule is CCCOc1ccccc1-c1cnc(-c2cccc(OC)c2OC)o1. The number of benzene rings is 2. The maximum absolute atomic E-state index is 5.99. The zero-order valence-corrected chi connectivity index (χ0v) is 14.6. The average molecular weight is 339 g/mol. The molecule has 1 aromatic heterocycles. The number of hydrogen-bond acceptors (Lipinski definition) is 5. The molecule has 0 amide bonds. The first kappa shape index (κ1) is 16.9. The van der Waals surface area contributed by atoms with Crippen LogP contribution in [0.4, 0.5) is 0 Å². The molecule has 0 aliphatic heterocycles. The van der Waals surface area contributed by atoms with Crippen molar-refractivity contribution in [2.75, 3.05) is 20.8 Å². The summed E-state index contributed by atoms with van der Waals surface area (Å²) in [5, 5.41) is 0. The van der Waals surface area contributed by atoms with E-state index in [1.54, 1.807) is 20.4 Å². The monoisotopic (exact) mass is 339 g/mol. The Hall–Kier alpha value is -2.95. The summed E-state index contributed by atoms with van der Waals surface area (Å²) < 4.78 is 22.6. The molecule has 3 rings (SSSR count). The van der Waals surface area contributed by atoms with Gasteiger partial charge in [-0.05, 0) is 30.7 Å². The van der Waals surface area contributed by atoms with Crippen LogP contribution in [-0.4, -0.2) is 25.8 Å². The summed E-state index contributed by atoms with van der Waals surface area (Å²) in [7, 11) is 3.20. The van der Waals surface area contributed by atoms with Crippen molar-refractivity contribution in [1.29, 1.82) is 0 Å². The van der Waals surface area contributed by atoms with Crippen molar-refractivity contribution in [3.05, 3.63) is 48.7 Å². The molecule has 0 spiro atoms. The fourth-order valence-electron chi connectivity index (χ4n) is 2.59. The van der Waals surface area contributed by atoms with Crippen LogP contribution in [0.5, 0.6) is 17.2 Å². The van der Waals surface area contributed by atoms with Crippen LogP contribution in [0.2, 0.25) is 0 Å². The number of methoxy groups -OCH3 is 2. The van der Waals surface area contributed by atoms with Gasteiger partial charge < -0.3 is 18.6 Å². The van der Waals surface area contributed by atoms with Crippen molar-refractivity contribution in [3.8, 4) is 40.0 Å². The Morgan fingerprint density at radius 2 is 1.68 bits per heavy atom. The fraction of sp³-hybridized carbons (Fsp3) is 0.250. The molecule has 25 heavy (non-hydrogen) atoms. The summed E-state index contributed by atoms with van der Waals surface area (Å²) in [5.41, 5.74) is 1.61. The number of hydrogen-bond donors (Lipinski definition) is 0. The van der Waals surface area contributed by atoms with E-state index < -0.39 is 0 Å². The molecule has 0 atom stereocenters. The quantitative estimate of drug-likeness (QED) is 0.618. The van der Waals surface area contributed by atoms with Crippen LogP contribution in [0.25, 0.3) is 22.8 Å². The Balaban J connectivity index is 2.00. The van der Waals surface area contributed by atoms with E-state index >= 15 is 0 Å². The largest absolute Gasteiger partial charge is 0.493 e. The lowest BCUT2D eigenvalue weighted by Gasteiger charge is -2.10. The minimum atomic E-state index is 0.469. The number of rotatable bonds is 7. The number of oxazole rings is 1. The van der Waals surface area contributed by atoms with Gasteiger partial charge in [0.15, 0.2) is 17.3 Å². The van der Waals surface area contributed by atoms with Crippen molar-refractivity contribution in [1.82, 2.24) is 4.98 Å². The molecule has 1 heterocycles. The third kappa shape index (κ3) is 3.45. The fourth-order valence-corrected chi connectivity index (χ4v) is 2.59. The van der Waals surface area contributed by atoms with E-state index in [-0.39, 0.29) is 0 Å². The first-order valence-corrected chi connectivity index (χ1v) is 8.17. The third-order valence-electron chi connectivity index (χ3n) is 3.75. The lowest BCUT2D eigenvalue weighted by atomic mass is 10.1. The Bertz CT molecular complexity index is 841. The van der Waals surface area contributed by atoms with Crippen LogP contribution in [0.3, 0.4) is 0 Å². The van der Waals surface area contributed by atoms with Crippen LogP contribution in [0.15, 0.2) is 53.1 Å². The number of para-hydroxylation sites is 2. The van der Waals surface area contributed by atoms with E-state index in [9.17, 15) is 0 Å². The molecule has 0 bridgehead atoms. The molecule has 2 aromatic carbocycles. The maximum atomic E-state index is 5.99. The molecule has 5 nitrogen and oxygen atoms in total. The van der Waals surface area contributed by atoms with E-state index in [1.807, 2.05) is 42.5 Å². The smallest absolute Gasteiger partial charge is 0.230 e. The normalized spacial score (nSPS) is 10.5. The molecule has 0 saturated heterocycles. The lowest BCUT2D eigenvalue weighted by molar-refractivity contribution is 0.318. The number of ether oxygens (including phenoxy) is 3. The Morgan fingerprint density at radius 3 is 2.44 bits per heavy atom. The van der Waals surface area contributed by atoms with Gasteiger partial charge in [0.2, 0.25) is 5.89 Å². The molecule has 0 saturated carbocycles. The number of nitrogens with zero attached hydrogens (tertiary/aromatic N) is 1. The molecule has 0 fully saturated rings. The standard InChI is InChI=1S/C20H21NO4/c1-4-12-24-16-10-6-5-8-14(16)18-13-21-20(25-18)15-9-7-11-17(22-2)19(15)23-3/h5-11,13H,4,12H2,1-3H3. The third-order valence-corrected chi connectivity index (χ3v) is 3.75. The van der Waals surface area contributed by atoms with Crippen molar-refractivity contribution in [3.63, 3.8) is 0 Å². The van der Waals surface area contributed by atoms with Gasteiger partial charge in [0.1, 0.15) is 5.75 Å². The molecule has 0 radical (unpaired) electrons. The minimum Gasteiger partial charge on any atom is -0.493 e. The van der Waals surface area contributed by atoms with E-state index in [2.05, 4.69) is 11.9 Å². The highest BCUT2D eigenvalue weighted by atomic mass is 16.5. The van der Waals surface area contributed by atoms with Crippen molar-refractivity contribution >= 4 is 0 Å². The van der Waals surface area contributed by atoms with Crippen LogP contribution < -0.4 is 14.2 Å². The summed E-state index contributed by atoms with van der Waals surface area (Å²) in [4.78, 5) is 4.41. The minimum absolute atomic E-state index is 0.469. The predicted octanol–water partition coefficient (Wildman–Crippen LogP) is 4.81. The molecular weight excluding hydrogens is 318 g/mol. The van der Waals surface area contributed by atoms with Gasteiger partial charge in [0, 0.05) is 0 Å². The predicted molar refractivity (Wildman–Crippen MR) is 96.3 cm³/mol. The first-order chi connectivity index (χ1) is 12.3. The second-order valence-corrected chi connectivity index (χ2v) is 5.42. The van der Waals surface area contributed by atoms with Crippen LogP contribution in [0, 0.1) is 0 Å². The summed E-state index contributed by atoms with van der Waals surface area (Å²) in [6, 6.07) is 13.4. The average Bonchev–Trinajstić information content (AvgIpc) is 3.15. The molecule has 5 heteroatoms. The van der Waals surface area contributed by atoms with Gasteiger partial charge in [-0.15, -0.1) is 0 Å². The van der Waals surface area contributed by atoms with Gasteiger partial charge in [-0.3, -0.25) is 0 Å². The molecule has 130 valence electrons. The second kappa shape index (κ2) is 7.75. The Kier molecular flexibility index (Phi) is 5.23. The second-order valence-electron chi connectivity index (χ2n) is 5.42. The summed E-state index contributed by atoms with van der Waals surface area (Å²) in [6.07, 6.45) is 2.64. The van der Waals surface area contributed by atoms with E-state index in [4.69, 9.17) is 18.6 Å². The van der Waals surface area contributed by atoms with Gasteiger partial charge in [-0.1, -0.05) is 25.1 Å². The molecule has 0 aliphatic carbocycles. The highest BCUT2D eigenvalue weighted by molar-refractivity contribution is 5.71. The zero-order valence-electron chi connectivity index (χ0n) is 14.6. The topological polar surface area (TPSA) is 53.7 Å². The maximum Gasteiger partial charge on any atom is 0.230 e. The Labute approximate surface area is 147 Å². The lowest BCUT2D eigenvalue weighted by Crippen LogP contribution is -1.96. The first-order valence-electron chi connectivity index (χ1n) is 8.17. The van der Waals surface area contributed by atoms with Crippen molar-refractivity contribution in [2.24, 2.45) is 0 Å². The zero-order chi connectivity index (χ0) is 17.6. The molecule has 0 aliphatic rings. The van der Waals surface area contributed by atoms with Gasteiger partial charge in [-0.25, -0.2) is 4.98 Å². The summed E-state index contributed by atoms with van der Waals surface area (Å²) in [5.74, 6) is 3.12. The van der Waals surface area contributed by atoms with E-state index in [1.165, 1.54) is 0 Å². The van der Waals surface area contributed by atoms with Crippen molar-refractivity contribution < 1.29 is 18.6 Å². The summed E-state index contributed by atoms with van der Waals surface area (Å²) in [6.45, 7) is 2.73. The van der Waals surface area contributed by atoms with Crippen LogP contribution in [-0.2, 0) is 0 Å². The molecule has 0 unspecified atom stereocenters. The van der Waals surface area contributed by atoms with Crippen molar-refractivity contribution in [2.45, 2.75) is 13.3 Å². The van der Waals surface area contributed by atoms with Crippen LogP contribution in [0.1, 0.15) is 13.3 Å². The van der Waals surface area contributed by atoms with Crippen LogP contribution >= 0.6 is 0 Å². The van der Waals surface area contributed by atoms with Gasteiger partial charge in [-0.2, -0.15) is 0 Å².